The highest BCUT2D eigenvalue weighted by Crippen LogP contribution is 2.13. The Morgan fingerprint density at radius 2 is 1.85 bits per heavy atom. The fraction of sp³-hybridized carbons (Fsp3) is 0. The van der Waals surface area contributed by atoms with E-state index in [1.807, 2.05) is 0 Å². The summed E-state index contributed by atoms with van der Waals surface area (Å²) in [5.74, 6) is -1.20. The Hall–Kier alpha value is -3.02. The minimum absolute atomic E-state index is 0.0868. The lowest BCUT2D eigenvalue weighted by atomic mass is 10.2. The number of aromatic nitrogens is 3. The number of hydrogen-bond donors (Lipinski definition) is 1. The van der Waals surface area contributed by atoms with Crippen LogP contribution < -0.4 is 5.56 Å². The Labute approximate surface area is 112 Å². The molecule has 0 aliphatic rings. The van der Waals surface area contributed by atoms with Crippen LogP contribution in [-0.4, -0.2) is 25.8 Å². The van der Waals surface area contributed by atoms with E-state index < -0.39 is 11.5 Å². The van der Waals surface area contributed by atoms with Crippen molar-refractivity contribution in [2.75, 3.05) is 0 Å². The maximum absolute atomic E-state index is 12.3. The fourth-order valence-electron chi connectivity index (χ4n) is 1.97. The van der Waals surface area contributed by atoms with Crippen LogP contribution >= 0.6 is 0 Å². The van der Waals surface area contributed by atoms with Crippen molar-refractivity contribution in [2.24, 2.45) is 0 Å². The maximum atomic E-state index is 12.3. The zero-order chi connectivity index (χ0) is 14.1. The highest BCUT2D eigenvalue weighted by molar-refractivity contribution is 5.99. The number of hydrogen-bond acceptors (Lipinski definition) is 4. The van der Waals surface area contributed by atoms with Crippen LogP contribution in [0.2, 0.25) is 0 Å². The summed E-state index contributed by atoms with van der Waals surface area (Å²) in [5.41, 5.74) is -0.0651. The number of para-hydroxylation sites is 1. The average molecular weight is 267 g/mol. The van der Waals surface area contributed by atoms with Crippen LogP contribution in [0.15, 0.2) is 53.5 Å². The first kappa shape index (κ1) is 12.0. The Bertz CT molecular complexity index is 856. The van der Waals surface area contributed by atoms with Crippen LogP contribution in [0.4, 0.5) is 0 Å². The summed E-state index contributed by atoms with van der Waals surface area (Å²) in [6, 6.07) is 11.7. The largest absolute Gasteiger partial charge is 0.476 e. The van der Waals surface area contributed by atoms with E-state index >= 15 is 0 Å². The number of carbonyl (C=O) groups is 1. The first-order chi connectivity index (χ1) is 9.68. The van der Waals surface area contributed by atoms with E-state index in [2.05, 4.69) is 10.1 Å². The third kappa shape index (κ3) is 1.83. The molecule has 3 aromatic rings. The quantitative estimate of drug-likeness (QED) is 0.760. The number of carboxylic acids is 1. The van der Waals surface area contributed by atoms with Gasteiger partial charge in [-0.25, -0.2) is 4.79 Å². The fourth-order valence-corrected chi connectivity index (χ4v) is 1.97. The first-order valence-corrected chi connectivity index (χ1v) is 5.85. The standard InChI is InChI=1S/C14H9N3O3/c18-13-11-10(7-4-8-15-11)12(14(19)20)16-17(13)9-5-2-1-3-6-9/h1-8H,(H,19,20). The second-order valence-electron chi connectivity index (χ2n) is 4.11. The lowest BCUT2D eigenvalue weighted by Crippen LogP contribution is -2.25. The Balaban J connectivity index is 2.43. The predicted molar refractivity (Wildman–Crippen MR) is 72.1 cm³/mol. The molecule has 98 valence electrons. The van der Waals surface area contributed by atoms with Gasteiger partial charge in [-0.2, -0.15) is 9.78 Å². The zero-order valence-electron chi connectivity index (χ0n) is 10.2. The molecule has 0 saturated heterocycles. The van der Waals surface area contributed by atoms with Gasteiger partial charge < -0.3 is 5.11 Å². The van der Waals surface area contributed by atoms with Crippen molar-refractivity contribution >= 4 is 16.9 Å². The van der Waals surface area contributed by atoms with Crippen molar-refractivity contribution in [2.45, 2.75) is 0 Å². The van der Waals surface area contributed by atoms with Gasteiger partial charge in [0.1, 0.15) is 5.52 Å². The van der Waals surface area contributed by atoms with E-state index in [0.29, 0.717) is 5.69 Å². The van der Waals surface area contributed by atoms with Gasteiger partial charge in [-0.3, -0.25) is 9.78 Å². The molecule has 0 saturated carbocycles. The molecule has 0 amide bonds. The normalized spacial score (nSPS) is 10.6. The smallest absolute Gasteiger partial charge is 0.357 e. The molecule has 6 nitrogen and oxygen atoms in total. The first-order valence-electron chi connectivity index (χ1n) is 5.85. The molecule has 0 radical (unpaired) electrons. The van der Waals surface area contributed by atoms with Gasteiger partial charge in [-0.05, 0) is 24.3 Å². The van der Waals surface area contributed by atoms with E-state index in [1.165, 1.54) is 12.3 Å². The van der Waals surface area contributed by atoms with Gasteiger partial charge >= 0.3 is 5.97 Å². The van der Waals surface area contributed by atoms with Crippen LogP contribution in [0.25, 0.3) is 16.6 Å². The van der Waals surface area contributed by atoms with Gasteiger partial charge in [0.25, 0.3) is 5.56 Å². The third-order valence-electron chi connectivity index (χ3n) is 2.86. The predicted octanol–water partition coefficient (Wildman–Crippen LogP) is 1.48. The van der Waals surface area contributed by atoms with Crippen LogP contribution in [0.1, 0.15) is 10.5 Å². The molecule has 1 N–H and O–H groups in total. The van der Waals surface area contributed by atoms with Crippen molar-refractivity contribution in [1.29, 1.82) is 0 Å². The molecule has 1 aromatic carbocycles. The monoisotopic (exact) mass is 267 g/mol. The van der Waals surface area contributed by atoms with E-state index in [0.717, 1.165) is 4.68 Å². The number of fused-ring (bicyclic) bond motifs is 1. The van der Waals surface area contributed by atoms with Gasteiger partial charge in [0.2, 0.25) is 0 Å². The van der Waals surface area contributed by atoms with Gasteiger partial charge in [0.05, 0.1) is 5.69 Å². The molecule has 20 heavy (non-hydrogen) atoms. The molecule has 0 atom stereocenters. The summed E-state index contributed by atoms with van der Waals surface area (Å²) in [5, 5.41) is 13.4. The van der Waals surface area contributed by atoms with Crippen molar-refractivity contribution in [3.63, 3.8) is 0 Å². The number of benzene rings is 1. The molecule has 2 aromatic heterocycles. The molecule has 0 aliphatic heterocycles. The second kappa shape index (κ2) is 4.58. The highest BCUT2D eigenvalue weighted by atomic mass is 16.4. The average Bonchev–Trinajstić information content (AvgIpc) is 2.48. The van der Waals surface area contributed by atoms with E-state index in [4.69, 9.17) is 0 Å². The van der Waals surface area contributed by atoms with E-state index in [1.54, 1.807) is 36.4 Å². The molecule has 0 fully saturated rings. The van der Waals surface area contributed by atoms with Crippen molar-refractivity contribution in [1.82, 2.24) is 14.8 Å². The molecule has 0 spiro atoms. The molecule has 0 bridgehead atoms. The lowest BCUT2D eigenvalue weighted by Gasteiger charge is -2.07. The third-order valence-corrected chi connectivity index (χ3v) is 2.86. The Morgan fingerprint density at radius 3 is 2.55 bits per heavy atom. The number of nitrogens with zero attached hydrogens (tertiary/aromatic N) is 3. The summed E-state index contributed by atoms with van der Waals surface area (Å²) in [6.45, 7) is 0. The Kier molecular flexibility index (Phi) is 2.76. The minimum Gasteiger partial charge on any atom is -0.476 e. The van der Waals surface area contributed by atoms with Crippen LogP contribution in [-0.2, 0) is 0 Å². The van der Waals surface area contributed by atoms with Gasteiger partial charge in [0, 0.05) is 11.6 Å². The SMILES string of the molecule is O=C(O)c1nn(-c2ccccc2)c(=O)c2ncccc12. The summed E-state index contributed by atoms with van der Waals surface area (Å²) < 4.78 is 1.05. The van der Waals surface area contributed by atoms with Crippen LogP contribution in [0, 0.1) is 0 Å². The molecule has 0 unspecified atom stereocenters. The highest BCUT2D eigenvalue weighted by Gasteiger charge is 2.17. The summed E-state index contributed by atoms with van der Waals surface area (Å²) in [4.78, 5) is 27.6. The summed E-state index contributed by atoms with van der Waals surface area (Å²) >= 11 is 0. The molecular formula is C14H9N3O3. The molecule has 6 heteroatoms. The summed E-state index contributed by atoms with van der Waals surface area (Å²) in [6.07, 6.45) is 1.45. The van der Waals surface area contributed by atoms with E-state index in [-0.39, 0.29) is 16.6 Å². The number of aromatic carboxylic acids is 1. The molecule has 0 aliphatic carbocycles. The summed E-state index contributed by atoms with van der Waals surface area (Å²) in [7, 11) is 0. The number of carboxylic acid groups (broad SMARTS) is 1. The second-order valence-corrected chi connectivity index (χ2v) is 4.11. The number of pyridine rings is 1. The van der Waals surface area contributed by atoms with Gasteiger partial charge in [0.15, 0.2) is 5.69 Å². The van der Waals surface area contributed by atoms with Crippen molar-refractivity contribution in [3.8, 4) is 5.69 Å². The van der Waals surface area contributed by atoms with E-state index in [9.17, 15) is 14.7 Å². The zero-order valence-corrected chi connectivity index (χ0v) is 10.2. The van der Waals surface area contributed by atoms with Gasteiger partial charge in [-0.15, -0.1) is 0 Å². The van der Waals surface area contributed by atoms with Crippen LogP contribution in [0.3, 0.4) is 0 Å². The van der Waals surface area contributed by atoms with Gasteiger partial charge in [-0.1, -0.05) is 18.2 Å². The molecule has 2 heterocycles. The minimum atomic E-state index is -1.20. The maximum Gasteiger partial charge on any atom is 0.357 e. The lowest BCUT2D eigenvalue weighted by molar-refractivity contribution is 0.0691. The van der Waals surface area contributed by atoms with Crippen molar-refractivity contribution < 1.29 is 9.90 Å². The Morgan fingerprint density at radius 1 is 1.10 bits per heavy atom. The molecular weight excluding hydrogens is 258 g/mol. The van der Waals surface area contributed by atoms with Crippen LogP contribution in [0.5, 0.6) is 0 Å². The topological polar surface area (TPSA) is 85.1 Å². The van der Waals surface area contributed by atoms with Crippen molar-refractivity contribution in [3.05, 3.63) is 64.7 Å². The molecule has 3 rings (SSSR count). The number of rotatable bonds is 2.